The van der Waals surface area contributed by atoms with Crippen molar-refractivity contribution in [3.05, 3.63) is 77.2 Å². The van der Waals surface area contributed by atoms with E-state index in [0.717, 1.165) is 30.4 Å². The summed E-state index contributed by atoms with van der Waals surface area (Å²) in [5.41, 5.74) is 0.0447. The smallest absolute Gasteiger partial charge is 0.177 e. The normalized spacial score (nSPS) is 36.6. The monoisotopic (exact) mass is 477 g/mol. The van der Waals surface area contributed by atoms with Crippen molar-refractivity contribution in [2.75, 3.05) is 0 Å². The first-order chi connectivity index (χ1) is 17.5. The van der Waals surface area contributed by atoms with Crippen molar-refractivity contribution in [3.8, 4) is 12.1 Å². The summed E-state index contributed by atoms with van der Waals surface area (Å²) in [5.74, 6) is 0.528. The maximum absolute atomic E-state index is 15.5. The molecular formula is C31H28FN3O. The van der Waals surface area contributed by atoms with Crippen molar-refractivity contribution in [2.24, 2.45) is 28.6 Å². The maximum Gasteiger partial charge on any atom is 0.177 e. The lowest BCUT2D eigenvalue weighted by atomic mass is 9.47. The Labute approximate surface area is 211 Å². The van der Waals surface area contributed by atoms with E-state index in [4.69, 9.17) is 0 Å². The van der Waals surface area contributed by atoms with Gasteiger partial charge in [-0.2, -0.15) is 10.5 Å². The number of hydrogen-bond acceptors (Lipinski definition) is 4. The number of fused-ring (bicyclic) bond motifs is 3. The van der Waals surface area contributed by atoms with Crippen LogP contribution in [0.1, 0.15) is 67.2 Å². The predicted octanol–water partition coefficient (Wildman–Crippen LogP) is 6.14. The van der Waals surface area contributed by atoms with Crippen LogP contribution in [-0.4, -0.2) is 16.7 Å². The molecule has 6 aliphatic rings. The molecule has 1 saturated heterocycles. The quantitative estimate of drug-likeness (QED) is 0.533. The number of Topliss-reactive ketones (excluding diaryl/α,β-unsaturated/α-hetero) is 1. The highest BCUT2D eigenvalue weighted by atomic mass is 19.1. The van der Waals surface area contributed by atoms with Crippen molar-refractivity contribution in [2.45, 2.75) is 56.5 Å². The zero-order valence-corrected chi connectivity index (χ0v) is 20.1. The van der Waals surface area contributed by atoms with Gasteiger partial charge >= 0.3 is 0 Å². The summed E-state index contributed by atoms with van der Waals surface area (Å²) in [6.07, 6.45) is 10.2. The molecular weight excluding hydrogens is 449 g/mol. The van der Waals surface area contributed by atoms with E-state index in [1.54, 1.807) is 18.2 Å². The topological polar surface area (TPSA) is 67.9 Å². The Bertz CT molecular complexity index is 1330. The highest BCUT2D eigenvalue weighted by Gasteiger charge is 2.67. The van der Waals surface area contributed by atoms with Gasteiger partial charge in [0.1, 0.15) is 5.82 Å². The molecule has 4 saturated carbocycles. The second kappa shape index (κ2) is 7.53. The van der Waals surface area contributed by atoms with E-state index < -0.39 is 34.6 Å². The SMILES string of the molecule is N#CC1(C#N)C2c3ccccc3C=CN2[C@H](C(=O)C23CC4CC(CC(C4)C2)C3)[C@H]1c1ccccc1F. The van der Waals surface area contributed by atoms with E-state index in [2.05, 4.69) is 12.1 Å². The minimum Gasteiger partial charge on any atom is -0.357 e. The van der Waals surface area contributed by atoms with E-state index in [9.17, 15) is 15.3 Å². The lowest BCUT2D eigenvalue weighted by molar-refractivity contribution is -0.148. The van der Waals surface area contributed by atoms with Crippen LogP contribution in [0.25, 0.3) is 6.08 Å². The van der Waals surface area contributed by atoms with Crippen LogP contribution in [0.5, 0.6) is 0 Å². The van der Waals surface area contributed by atoms with E-state index in [0.29, 0.717) is 23.3 Å². The van der Waals surface area contributed by atoms with Gasteiger partial charge in [0.2, 0.25) is 0 Å². The van der Waals surface area contributed by atoms with Gasteiger partial charge in [0.05, 0.1) is 24.2 Å². The van der Waals surface area contributed by atoms with Crippen LogP contribution in [0.3, 0.4) is 0 Å². The molecule has 4 aliphatic carbocycles. The van der Waals surface area contributed by atoms with Crippen molar-refractivity contribution in [1.29, 1.82) is 10.5 Å². The van der Waals surface area contributed by atoms with Crippen LogP contribution in [0.15, 0.2) is 54.7 Å². The Morgan fingerprint density at radius 2 is 1.47 bits per heavy atom. The highest BCUT2D eigenvalue weighted by Crippen LogP contribution is 2.65. The Hall–Kier alpha value is -3.44. The van der Waals surface area contributed by atoms with Gasteiger partial charge in [0, 0.05) is 17.5 Å². The van der Waals surface area contributed by atoms with Crippen LogP contribution in [0.4, 0.5) is 4.39 Å². The van der Waals surface area contributed by atoms with Crippen LogP contribution in [0.2, 0.25) is 0 Å². The molecule has 2 heterocycles. The van der Waals surface area contributed by atoms with E-state index in [-0.39, 0.29) is 5.78 Å². The standard InChI is InChI=1S/C31H28FN3O/c32-25-8-4-3-7-24(25)26-27(29(36)30-14-19-11-20(15-30)13-21(12-19)16-30)35-10-9-22-5-1-2-6-23(22)28(35)31(26,17-33)18-34/h1-10,19-21,26-28H,11-16H2/t19?,20?,21?,26-,27+,28?,30?/m1/s1. The summed E-state index contributed by atoms with van der Waals surface area (Å²) >= 11 is 0. The Balaban J connectivity index is 1.44. The molecule has 5 fully saturated rings. The molecule has 3 atom stereocenters. The number of carbonyl (C=O) groups excluding carboxylic acids is 1. The van der Waals surface area contributed by atoms with Crippen LogP contribution in [-0.2, 0) is 4.79 Å². The molecule has 180 valence electrons. The number of carbonyl (C=O) groups is 1. The first-order valence-electron chi connectivity index (χ1n) is 13.2. The number of benzene rings is 2. The third kappa shape index (κ3) is 2.75. The third-order valence-electron chi connectivity index (χ3n) is 10.0. The summed E-state index contributed by atoms with van der Waals surface area (Å²) in [4.78, 5) is 16.8. The van der Waals surface area contributed by atoms with Crippen molar-refractivity contribution in [3.63, 3.8) is 0 Å². The number of rotatable bonds is 3. The molecule has 2 aromatic rings. The van der Waals surface area contributed by atoms with Crippen LogP contribution < -0.4 is 0 Å². The molecule has 0 spiro atoms. The molecule has 4 nitrogen and oxygen atoms in total. The zero-order chi connectivity index (χ0) is 24.7. The van der Waals surface area contributed by atoms with E-state index in [1.165, 1.54) is 25.3 Å². The van der Waals surface area contributed by atoms with Crippen LogP contribution >= 0.6 is 0 Å². The summed E-state index contributed by atoms with van der Waals surface area (Å²) < 4.78 is 15.5. The molecule has 8 rings (SSSR count). The highest BCUT2D eigenvalue weighted by molar-refractivity contribution is 5.93. The molecule has 0 radical (unpaired) electrons. The van der Waals surface area contributed by atoms with Crippen LogP contribution in [0, 0.1) is 57.1 Å². The molecule has 36 heavy (non-hydrogen) atoms. The summed E-state index contributed by atoms with van der Waals surface area (Å²) in [6.45, 7) is 0. The average molecular weight is 478 g/mol. The number of ketones is 1. The maximum atomic E-state index is 15.5. The molecule has 0 amide bonds. The number of hydrogen-bond donors (Lipinski definition) is 0. The number of halogens is 1. The molecule has 0 N–H and O–H groups in total. The predicted molar refractivity (Wildman–Crippen MR) is 132 cm³/mol. The van der Waals surface area contributed by atoms with Gasteiger partial charge in [0.15, 0.2) is 11.2 Å². The summed E-state index contributed by atoms with van der Waals surface area (Å²) in [5, 5.41) is 21.4. The van der Waals surface area contributed by atoms with Gasteiger partial charge in [-0.3, -0.25) is 4.79 Å². The lowest BCUT2D eigenvalue weighted by Crippen LogP contribution is -2.55. The first-order valence-corrected chi connectivity index (χ1v) is 13.2. The van der Waals surface area contributed by atoms with Gasteiger partial charge in [0.25, 0.3) is 0 Å². The third-order valence-corrected chi connectivity index (χ3v) is 10.0. The Morgan fingerprint density at radius 1 is 0.889 bits per heavy atom. The minimum atomic E-state index is -1.61. The first kappa shape index (κ1) is 21.8. The fourth-order valence-corrected chi connectivity index (χ4v) is 9.09. The fraction of sp³-hybridized carbons (Fsp3) is 0.452. The molecule has 4 bridgehead atoms. The summed E-state index contributed by atoms with van der Waals surface area (Å²) in [7, 11) is 0. The number of nitriles is 2. The molecule has 2 aromatic carbocycles. The molecule has 5 heteroatoms. The van der Waals surface area contributed by atoms with Gasteiger partial charge in [-0.25, -0.2) is 4.39 Å². The second-order valence-corrected chi connectivity index (χ2v) is 11.9. The molecule has 0 aromatic heterocycles. The second-order valence-electron chi connectivity index (χ2n) is 11.9. The summed E-state index contributed by atoms with van der Waals surface area (Å²) in [6, 6.07) is 17.4. The van der Waals surface area contributed by atoms with Gasteiger partial charge in [-0.05, 0) is 85.1 Å². The van der Waals surface area contributed by atoms with Crippen molar-refractivity contribution >= 4 is 11.9 Å². The molecule has 2 aliphatic heterocycles. The van der Waals surface area contributed by atoms with Crippen molar-refractivity contribution in [1.82, 2.24) is 4.90 Å². The molecule has 1 unspecified atom stereocenters. The Morgan fingerprint density at radius 3 is 2.08 bits per heavy atom. The lowest BCUT2D eigenvalue weighted by Gasteiger charge is -2.57. The minimum absolute atomic E-state index is 0.122. The fourth-order valence-electron chi connectivity index (χ4n) is 9.09. The van der Waals surface area contributed by atoms with Gasteiger partial charge in [-0.15, -0.1) is 0 Å². The Kier molecular flexibility index (Phi) is 4.56. The van der Waals surface area contributed by atoms with Gasteiger partial charge < -0.3 is 4.90 Å². The zero-order valence-electron chi connectivity index (χ0n) is 20.1. The van der Waals surface area contributed by atoms with E-state index in [1.807, 2.05) is 41.4 Å². The van der Waals surface area contributed by atoms with Gasteiger partial charge in [-0.1, -0.05) is 42.5 Å². The van der Waals surface area contributed by atoms with E-state index >= 15 is 4.39 Å². The largest absolute Gasteiger partial charge is 0.357 e. The van der Waals surface area contributed by atoms with Crippen molar-refractivity contribution < 1.29 is 9.18 Å². The average Bonchev–Trinajstić information content (AvgIpc) is 3.18. The number of nitrogens with zero attached hydrogens (tertiary/aromatic N) is 3.